The summed E-state index contributed by atoms with van der Waals surface area (Å²) in [7, 11) is 1.66. The Bertz CT molecular complexity index is 763. The highest BCUT2D eigenvalue weighted by atomic mass is 79.9. The van der Waals surface area contributed by atoms with E-state index in [1.54, 1.807) is 7.11 Å². The lowest BCUT2D eigenvalue weighted by Gasteiger charge is -2.25. The number of carbonyl (C=O) groups is 1. The van der Waals surface area contributed by atoms with Gasteiger partial charge in [0.15, 0.2) is 0 Å². The Morgan fingerprint density at radius 3 is 2.67 bits per heavy atom. The monoisotopic (exact) mass is 388 g/mol. The number of hydrogen-bond acceptors (Lipinski definition) is 2. The first-order valence-corrected chi connectivity index (χ1v) is 8.79. The van der Waals surface area contributed by atoms with Gasteiger partial charge in [0.25, 0.3) is 0 Å². The molecule has 0 aromatic heterocycles. The van der Waals surface area contributed by atoms with Crippen LogP contribution in [-0.2, 0) is 0 Å². The number of aryl methyl sites for hydroxylation is 1. The number of hydrogen-bond donors (Lipinski definition) is 0. The number of carbonyl (C=O) groups excluding carboxylic acids is 1. The van der Waals surface area contributed by atoms with E-state index >= 15 is 0 Å². The molecule has 0 saturated carbocycles. The zero-order valence-corrected chi connectivity index (χ0v) is 15.7. The Labute approximate surface area is 151 Å². The second-order valence-corrected chi connectivity index (χ2v) is 6.87. The van der Waals surface area contributed by atoms with Crippen molar-refractivity contribution in [3.8, 4) is 5.75 Å². The average molecular weight is 389 g/mol. The van der Waals surface area contributed by atoms with Crippen molar-refractivity contribution in [1.29, 1.82) is 0 Å². The first-order valence-electron chi connectivity index (χ1n) is 7.99. The van der Waals surface area contributed by atoms with Crippen molar-refractivity contribution in [2.45, 2.75) is 19.9 Å². The summed E-state index contributed by atoms with van der Waals surface area (Å²) in [6, 6.07) is 14.0. The topological polar surface area (TPSA) is 32.8 Å². The molecule has 0 unspecified atom stereocenters. The summed E-state index contributed by atoms with van der Waals surface area (Å²) in [6.45, 7) is 5.51. The van der Waals surface area contributed by atoms with Gasteiger partial charge in [0.05, 0.1) is 13.2 Å². The van der Waals surface area contributed by atoms with Gasteiger partial charge >= 0.3 is 6.03 Å². The summed E-state index contributed by atoms with van der Waals surface area (Å²) >= 11 is 3.51. The minimum Gasteiger partial charge on any atom is -0.497 e. The van der Waals surface area contributed by atoms with Gasteiger partial charge in [0.1, 0.15) is 5.75 Å². The number of ether oxygens (including phenoxy) is 1. The average Bonchev–Trinajstić information content (AvgIpc) is 2.98. The van der Waals surface area contributed by atoms with Crippen molar-refractivity contribution in [3.63, 3.8) is 0 Å². The summed E-state index contributed by atoms with van der Waals surface area (Å²) in [4.78, 5) is 16.6. The summed E-state index contributed by atoms with van der Waals surface area (Å²) < 4.78 is 6.35. The number of urea groups is 1. The molecule has 1 aliphatic rings. The van der Waals surface area contributed by atoms with Gasteiger partial charge in [-0.3, -0.25) is 4.90 Å². The predicted octanol–water partition coefficient (Wildman–Crippen LogP) is 4.77. The zero-order valence-electron chi connectivity index (χ0n) is 14.1. The number of amides is 2. The fourth-order valence-corrected chi connectivity index (χ4v) is 3.28. The molecule has 5 heteroatoms. The summed E-state index contributed by atoms with van der Waals surface area (Å²) in [5.41, 5.74) is 3.15. The van der Waals surface area contributed by atoms with Crippen molar-refractivity contribution in [2.75, 3.05) is 25.1 Å². The molecule has 2 amide bonds. The van der Waals surface area contributed by atoms with E-state index in [0.717, 1.165) is 27.0 Å². The maximum absolute atomic E-state index is 12.9. The second kappa shape index (κ2) is 6.85. The molecule has 1 atom stereocenters. The zero-order chi connectivity index (χ0) is 17.3. The van der Waals surface area contributed by atoms with Crippen molar-refractivity contribution >= 4 is 27.6 Å². The Hall–Kier alpha value is -2.01. The molecular formula is C19H21BrN2O2. The third-order valence-corrected chi connectivity index (χ3v) is 5.43. The maximum Gasteiger partial charge on any atom is 0.325 e. The quantitative estimate of drug-likeness (QED) is 0.755. The maximum atomic E-state index is 12.9. The van der Waals surface area contributed by atoms with Crippen LogP contribution in [0.1, 0.15) is 24.1 Å². The SMILES string of the molecule is COc1cccc([C@@H](C)N2CCN(c3ccc(Br)c(C)c3)C2=O)c1. The fourth-order valence-electron chi connectivity index (χ4n) is 3.03. The second-order valence-electron chi connectivity index (χ2n) is 6.01. The molecule has 2 aromatic rings. The van der Waals surface area contributed by atoms with Crippen molar-refractivity contribution in [3.05, 3.63) is 58.1 Å². The first-order chi connectivity index (χ1) is 11.5. The van der Waals surface area contributed by atoms with E-state index in [1.165, 1.54) is 0 Å². The number of anilines is 1. The van der Waals surface area contributed by atoms with Gasteiger partial charge in [-0.2, -0.15) is 0 Å². The standard InChI is InChI=1S/C19H21BrN2O2/c1-13-11-16(7-8-18(13)20)22-10-9-21(19(22)23)14(2)15-5-4-6-17(12-15)24-3/h4-8,11-12,14H,9-10H2,1-3H3/t14-/m1/s1. The molecule has 4 nitrogen and oxygen atoms in total. The molecular weight excluding hydrogens is 368 g/mol. The van der Waals surface area contributed by atoms with E-state index in [0.29, 0.717) is 13.1 Å². The smallest absolute Gasteiger partial charge is 0.325 e. The minimum atomic E-state index is 0.00847. The molecule has 1 heterocycles. The van der Waals surface area contributed by atoms with Crippen LogP contribution < -0.4 is 9.64 Å². The highest BCUT2D eigenvalue weighted by Gasteiger charge is 2.33. The van der Waals surface area contributed by atoms with Crippen LogP contribution in [0.3, 0.4) is 0 Å². The Morgan fingerprint density at radius 2 is 1.96 bits per heavy atom. The van der Waals surface area contributed by atoms with E-state index in [9.17, 15) is 4.79 Å². The van der Waals surface area contributed by atoms with Crippen LogP contribution in [-0.4, -0.2) is 31.1 Å². The predicted molar refractivity (Wildman–Crippen MR) is 99.7 cm³/mol. The van der Waals surface area contributed by atoms with Crippen molar-refractivity contribution < 1.29 is 9.53 Å². The summed E-state index contributed by atoms with van der Waals surface area (Å²) in [5, 5.41) is 0. The van der Waals surface area contributed by atoms with E-state index in [1.807, 2.05) is 59.2 Å². The van der Waals surface area contributed by atoms with Crippen molar-refractivity contribution in [1.82, 2.24) is 4.90 Å². The highest BCUT2D eigenvalue weighted by Crippen LogP contribution is 2.31. The molecule has 0 radical (unpaired) electrons. The van der Waals surface area contributed by atoms with Crippen LogP contribution in [0.25, 0.3) is 0 Å². The van der Waals surface area contributed by atoms with Gasteiger partial charge in [-0.05, 0) is 55.3 Å². The number of nitrogens with zero attached hydrogens (tertiary/aromatic N) is 2. The minimum absolute atomic E-state index is 0.00847. The van der Waals surface area contributed by atoms with Gasteiger partial charge in [0.2, 0.25) is 0 Å². The van der Waals surface area contributed by atoms with Crippen LogP contribution in [0, 0.1) is 6.92 Å². The van der Waals surface area contributed by atoms with Crippen LogP contribution in [0.5, 0.6) is 5.75 Å². The van der Waals surface area contributed by atoms with Crippen LogP contribution in [0.15, 0.2) is 46.9 Å². The highest BCUT2D eigenvalue weighted by molar-refractivity contribution is 9.10. The summed E-state index contributed by atoms with van der Waals surface area (Å²) in [6.07, 6.45) is 0. The Kier molecular flexibility index (Phi) is 4.81. The van der Waals surface area contributed by atoms with Gasteiger partial charge in [0, 0.05) is 23.2 Å². The molecule has 24 heavy (non-hydrogen) atoms. The third-order valence-electron chi connectivity index (χ3n) is 4.54. The number of methoxy groups -OCH3 is 1. The fraction of sp³-hybridized carbons (Fsp3) is 0.316. The van der Waals surface area contributed by atoms with E-state index in [4.69, 9.17) is 4.74 Å². The lowest BCUT2D eigenvalue weighted by atomic mass is 10.1. The lowest BCUT2D eigenvalue weighted by molar-refractivity contribution is 0.205. The number of rotatable bonds is 4. The van der Waals surface area contributed by atoms with Gasteiger partial charge < -0.3 is 9.64 Å². The lowest BCUT2D eigenvalue weighted by Crippen LogP contribution is -2.33. The molecule has 0 bridgehead atoms. The third kappa shape index (κ3) is 3.13. The van der Waals surface area contributed by atoms with Crippen molar-refractivity contribution in [2.24, 2.45) is 0 Å². The van der Waals surface area contributed by atoms with Gasteiger partial charge in [-0.15, -0.1) is 0 Å². The number of halogens is 1. The number of benzene rings is 2. The Morgan fingerprint density at radius 1 is 1.17 bits per heavy atom. The first kappa shape index (κ1) is 16.8. The largest absolute Gasteiger partial charge is 0.497 e. The molecule has 0 N–H and O–H groups in total. The van der Waals surface area contributed by atoms with Crippen LogP contribution in [0.4, 0.5) is 10.5 Å². The normalized spacial score (nSPS) is 15.8. The van der Waals surface area contributed by atoms with Crippen LogP contribution in [0.2, 0.25) is 0 Å². The molecule has 0 spiro atoms. The van der Waals surface area contributed by atoms with Crippen LogP contribution >= 0.6 is 15.9 Å². The van der Waals surface area contributed by atoms with E-state index < -0.39 is 0 Å². The molecule has 126 valence electrons. The van der Waals surface area contributed by atoms with Gasteiger partial charge in [-0.1, -0.05) is 28.1 Å². The molecule has 0 aliphatic carbocycles. The molecule has 3 rings (SSSR count). The Balaban J connectivity index is 1.81. The van der Waals surface area contributed by atoms with Gasteiger partial charge in [-0.25, -0.2) is 4.79 Å². The molecule has 1 saturated heterocycles. The van der Waals surface area contributed by atoms with E-state index in [-0.39, 0.29) is 12.1 Å². The molecule has 1 fully saturated rings. The van der Waals surface area contributed by atoms with E-state index in [2.05, 4.69) is 22.9 Å². The molecule has 1 aliphatic heterocycles. The molecule has 2 aromatic carbocycles. The summed E-state index contributed by atoms with van der Waals surface area (Å²) in [5.74, 6) is 0.811.